The molecule has 1 saturated heterocycles. The van der Waals surface area contributed by atoms with Gasteiger partial charge in [0.2, 0.25) is 10.0 Å². The van der Waals surface area contributed by atoms with E-state index in [2.05, 4.69) is 15.2 Å². The zero-order valence-corrected chi connectivity index (χ0v) is 13.7. The van der Waals surface area contributed by atoms with E-state index in [1.807, 2.05) is 21.0 Å². The Bertz CT molecular complexity index is 574. The molecule has 0 saturated carbocycles. The van der Waals surface area contributed by atoms with Gasteiger partial charge >= 0.3 is 0 Å². The highest BCUT2D eigenvalue weighted by molar-refractivity contribution is 7.89. The normalized spacial score (nSPS) is 20.7. The van der Waals surface area contributed by atoms with Gasteiger partial charge in [0.25, 0.3) is 0 Å². The number of hydrogen-bond acceptors (Lipinski definition) is 5. The molecule has 1 unspecified atom stereocenters. The summed E-state index contributed by atoms with van der Waals surface area (Å²) in [4.78, 5) is 6.52. The number of rotatable bonds is 5. The lowest BCUT2D eigenvalue weighted by Crippen LogP contribution is -2.47. The molecule has 0 aliphatic carbocycles. The predicted octanol–water partition coefficient (Wildman–Crippen LogP) is 1.23. The molecule has 1 aliphatic rings. The molecule has 1 N–H and O–H groups in total. The Hall–Kier alpha value is -1.18. The Labute approximate surface area is 127 Å². The summed E-state index contributed by atoms with van der Waals surface area (Å²) in [6.45, 7) is 3.68. The van der Waals surface area contributed by atoms with Crippen LogP contribution in [-0.2, 0) is 10.0 Å². The zero-order valence-electron chi connectivity index (χ0n) is 12.9. The molecule has 0 spiro atoms. The van der Waals surface area contributed by atoms with Crippen molar-refractivity contribution in [1.29, 1.82) is 0 Å². The van der Waals surface area contributed by atoms with E-state index in [-0.39, 0.29) is 10.9 Å². The summed E-state index contributed by atoms with van der Waals surface area (Å²) < 4.78 is 27.3. The minimum absolute atomic E-state index is 0.270. The summed E-state index contributed by atoms with van der Waals surface area (Å²) in [5, 5.41) is 3.03. The van der Waals surface area contributed by atoms with Gasteiger partial charge in [0, 0.05) is 31.9 Å². The molecular weight excluding hydrogens is 288 g/mol. The lowest BCUT2D eigenvalue weighted by atomic mass is 10.1. The lowest BCUT2D eigenvalue weighted by molar-refractivity contribution is 0.190. The summed E-state index contributed by atoms with van der Waals surface area (Å²) >= 11 is 0. The molecule has 6 nitrogen and oxygen atoms in total. The molecule has 1 fully saturated rings. The van der Waals surface area contributed by atoms with Crippen LogP contribution in [0.15, 0.2) is 23.2 Å². The minimum Gasteiger partial charge on any atom is -0.369 e. The van der Waals surface area contributed by atoms with Gasteiger partial charge in [0.15, 0.2) is 0 Å². The number of nitrogens with zero attached hydrogens (tertiary/aromatic N) is 3. The van der Waals surface area contributed by atoms with Gasteiger partial charge in [-0.1, -0.05) is 0 Å². The number of hydrogen-bond donors (Lipinski definition) is 1. The third-order valence-corrected chi connectivity index (χ3v) is 5.72. The Morgan fingerprint density at radius 2 is 2.24 bits per heavy atom. The van der Waals surface area contributed by atoms with Crippen LogP contribution in [0, 0.1) is 0 Å². The standard InChI is InChI=1S/C14H24N4O2S/c1-4-15-14-13(8-5-9-16-14)21(19,20)18-10-6-7-12(11-18)17(2)3/h5,8-9,12H,4,6-7,10-11H2,1-3H3,(H,15,16). The van der Waals surface area contributed by atoms with Crippen LogP contribution in [0.4, 0.5) is 5.82 Å². The summed E-state index contributed by atoms with van der Waals surface area (Å²) in [6.07, 6.45) is 3.53. The number of anilines is 1. The molecule has 7 heteroatoms. The van der Waals surface area contributed by atoms with E-state index in [1.54, 1.807) is 22.6 Å². The molecule has 118 valence electrons. The summed E-state index contributed by atoms with van der Waals surface area (Å²) in [6, 6.07) is 3.56. The first-order valence-corrected chi connectivity index (χ1v) is 8.76. The number of sulfonamides is 1. The van der Waals surface area contributed by atoms with Gasteiger partial charge in [-0.3, -0.25) is 0 Å². The highest BCUT2D eigenvalue weighted by Crippen LogP contribution is 2.26. The first kappa shape index (κ1) is 16.2. The minimum atomic E-state index is -3.50. The zero-order chi connectivity index (χ0) is 15.5. The molecule has 1 aromatic heterocycles. The largest absolute Gasteiger partial charge is 0.369 e. The third kappa shape index (κ3) is 3.53. The number of piperidine rings is 1. The number of aromatic nitrogens is 1. The van der Waals surface area contributed by atoms with Crippen LogP contribution in [0.2, 0.25) is 0 Å². The Kier molecular flexibility index (Phi) is 5.18. The Morgan fingerprint density at radius 3 is 2.90 bits per heavy atom. The second-order valence-electron chi connectivity index (χ2n) is 5.50. The molecular formula is C14H24N4O2S. The number of pyridine rings is 1. The summed E-state index contributed by atoms with van der Waals surface area (Å²) in [5.74, 6) is 0.437. The first-order chi connectivity index (χ1) is 9.96. The van der Waals surface area contributed by atoms with Crippen LogP contribution in [0.25, 0.3) is 0 Å². The maximum absolute atomic E-state index is 12.9. The average molecular weight is 312 g/mol. The molecule has 0 aromatic carbocycles. The van der Waals surface area contributed by atoms with Gasteiger partial charge < -0.3 is 10.2 Å². The fourth-order valence-electron chi connectivity index (χ4n) is 2.60. The van der Waals surface area contributed by atoms with E-state index in [4.69, 9.17) is 0 Å². The van der Waals surface area contributed by atoms with E-state index < -0.39 is 10.0 Å². The monoisotopic (exact) mass is 312 g/mol. The Morgan fingerprint density at radius 1 is 1.48 bits per heavy atom. The third-order valence-electron chi connectivity index (χ3n) is 3.82. The van der Waals surface area contributed by atoms with E-state index in [9.17, 15) is 8.42 Å². The molecule has 1 aromatic rings. The fourth-order valence-corrected chi connectivity index (χ4v) is 4.23. The second-order valence-corrected chi connectivity index (χ2v) is 7.41. The number of likely N-dealkylation sites (N-methyl/N-ethyl adjacent to an activating group) is 1. The maximum Gasteiger partial charge on any atom is 0.246 e. The van der Waals surface area contributed by atoms with E-state index in [0.29, 0.717) is 25.5 Å². The van der Waals surface area contributed by atoms with Crippen LogP contribution in [0.5, 0.6) is 0 Å². The van der Waals surface area contributed by atoms with Crippen LogP contribution in [-0.4, -0.2) is 62.4 Å². The molecule has 0 amide bonds. The molecule has 0 radical (unpaired) electrons. The highest BCUT2D eigenvalue weighted by Gasteiger charge is 2.32. The van der Waals surface area contributed by atoms with Crippen molar-refractivity contribution >= 4 is 15.8 Å². The average Bonchev–Trinajstić information content (AvgIpc) is 2.48. The molecule has 1 aliphatic heterocycles. The summed E-state index contributed by atoms with van der Waals surface area (Å²) in [5.41, 5.74) is 0. The molecule has 2 heterocycles. The molecule has 1 atom stereocenters. The van der Waals surface area contributed by atoms with Crippen molar-refractivity contribution in [3.8, 4) is 0 Å². The van der Waals surface area contributed by atoms with E-state index in [0.717, 1.165) is 12.8 Å². The maximum atomic E-state index is 12.9. The van der Waals surface area contributed by atoms with E-state index in [1.165, 1.54) is 0 Å². The van der Waals surface area contributed by atoms with Crippen molar-refractivity contribution in [1.82, 2.24) is 14.2 Å². The van der Waals surface area contributed by atoms with Crippen LogP contribution >= 0.6 is 0 Å². The van der Waals surface area contributed by atoms with Gasteiger partial charge in [0.1, 0.15) is 10.7 Å². The van der Waals surface area contributed by atoms with Crippen molar-refractivity contribution in [3.05, 3.63) is 18.3 Å². The van der Waals surface area contributed by atoms with Gasteiger partial charge in [-0.15, -0.1) is 0 Å². The predicted molar refractivity (Wildman–Crippen MR) is 83.9 cm³/mol. The van der Waals surface area contributed by atoms with Crippen LogP contribution < -0.4 is 5.32 Å². The van der Waals surface area contributed by atoms with Crippen molar-refractivity contribution in [2.45, 2.75) is 30.7 Å². The number of nitrogens with one attached hydrogen (secondary N) is 1. The van der Waals surface area contributed by atoms with Crippen molar-refractivity contribution in [3.63, 3.8) is 0 Å². The fraction of sp³-hybridized carbons (Fsp3) is 0.643. The molecule has 0 bridgehead atoms. The van der Waals surface area contributed by atoms with Gasteiger partial charge in [0.05, 0.1) is 0 Å². The second kappa shape index (κ2) is 6.72. The Balaban J connectivity index is 2.29. The molecule has 2 rings (SSSR count). The van der Waals surface area contributed by atoms with Crippen molar-refractivity contribution in [2.24, 2.45) is 0 Å². The smallest absolute Gasteiger partial charge is 0.246 e. The lowest BCUT2D eigenvalue weighted by Gasteiger charge is -2.35. The van der Waals surface area contributed by atoms with Crippen molar-refractivity contribution < 1.29 is 8.42 Å². The molecule has 21 heavy (non-hydrogen) atoms. The van der Waals surface area contributed by atoms with Crippen LogP contribution in [0.3, 0.4) is 0 Å². The van der Waals surface area contributed by atoms with Gasteiger partial charge in [-0.2, -0.15) is 4.31 Å². The quantitative estimate of drug-likeness (QED) is 0.886. The van der Waals surface area contributed by atoms with Gasteiger partial charge in [-0.25, -0.2) is 13.4 Å². The van der Waals surface area contributed by atoms with Crippen molar-refractivity contribution in [2.75, 3.05) is 39.0 Å². The summed E-state index contributed by atoms with van der Waals surface area (Å²) in [7, 11) is 0.490. The first-order valence-electron chi connectivity index (χ1n) is 7.32. The topological polar surface area (TPSA) is 65.5 Å². The SMILES string of the molecule is CCNc1ncccc1S(=O)(=O)N1CCCC(N(C)C)C1. The van der Waals surface area contributed by atoms with E-state index >= 15 is 0 Å². The van der Waals surface area contributed by atoms with Crippen LogP contribution in [0.1, 0.15) is 19.8 Å². The van der Waals surface area contributed by atoms with Gasteiger partial charge in [-0.05, 0) is 46.0 Å². The highest BCUT2D eigenvalue weighted by atomic mass is 32.2.